The van der Waals surface area contributed by atoms with Gasteiger partial charge in [-0.2, -0.15) is 0 Å². The van der Waals surface area contributed by atoms with Gasteiger partial charge in [-0.3, -0.25) is 4.98 Å². The van der Waals surface area contributed by atoms with Crippen molar-refractivity contribution in [2.75, 3.05) is 0 Å². The molecule has 0 unspecified atom stereocenters. The predicted octanol–water partition coefficient (Wildman–Crippen LogP) is 3.01. The van der Waals surface area contributed by atoms with Crippen LogP contribution in [0.2, 0.25) is 0 Å². The molecule has 1 aromatic carbocycles. The van der Waals surface area contributed by atoms with E-state index < -0.39 is 12.1 Å². The molecular weight excluding hydrogens is 318 g/mol. The van der Waals surface area contributed by atoms with E-state index in [1.807, 2.05) is 24.3 Å². The first kappa shape index (κ1) is 18.4. The lowest BCUT2D eigenvalue weighted by Crippen LogP contribution is -2.26. The van der Waals surface area contributed by atoms with Gasteiger partial charge in [0.05, 0.1) is 0 Å². The summed E-state index contributed by atoms with van der Waals surface area (Å²) in [6, 6.07) is 11.1. The topological polar surface area (TPSA) is 86.8 Å². The van der Waals surface area contributed by atoms with Gasteiger partial charge in [0.15, 0.2) is 11.9 Å². The van der Waals surface area contributed by atoms with Crippen LogP contribution in [0.15, 0.2) is 53.9 Å². The summed E-state index contributed by atoms with van der Waals surface area (Å²) in [5, 5.41) is 3.63. The second-order valence-electron chi connectivity index (χ2n) is 6.66. The van der Waals surface area contributed by atoms with Gasteiger partial charge in [-0.1, -0.05) is 38.1 Å². The molecule has 0 bridgehead atoms. The number of pyridine rings is 1. The Balaban J connectivity index is 1.94. The summed E-state index contributed by atoms with van der Waals surface area (Å²) >= 11 is 0. The predicted molar refractivity (Wildman–Crippen MR) is 96.3 cm³/mol. The number of oxime groups is 1. The highest BCUT2D eigenvalue weighted by atomic mass is 16.7. The molecule has 2 N–H and O–H groups in total. The number of rotatable bonds is 5. The first-order chi connectivity index (χ1) is 11.8. The SMILES string of the molecule is C[C@H](Oc1ccc(C(C)(C)C)cc1)C(=O)O/N=C(/N)c1cccnc1. The zero-order valence-electron chi connectivity index (χ0n) is 14.9. The minimum Gasteiger partial charge on any atom is -0.479 e. The third-order valence-electron chi connectivity index (χ3n) is 3.56. The highest BCUT2D eigenvalue weighted by Crippen LogP contribution is 2.24. The Hall–Kier alpha value is -2.89. The van der Waals surface area contributed by atoms with Crippen molar-refractivity contribution in [3.63, 3.8) is 0 Å². The van der Waals surface area contributed by atoms with Crippen molar-refractivity contribution >= 4 is 11.8 Å². The second-order valence-corrected chi connectivity index (χ2v) is 6.66. The molecule has 0 spiro atoms. The first-order valence-corrected chi connectivity index (χ1v) is 7.99. The molecule has 0 aliphatic carbocycles. The smallest absolute Gasteiger partial charge is 0.374 e. The fourth-order valence-corrected chi connectivity index (χ4v) is 2.02. The van der Waals surface area contributed by atoms with Crippen molar-refractivity contribution in [3.8, 4) is 5.75 Å². The van der Waals surface area contributed by atoms with Crippen molar-refractivity contribution in [2.45, 2.75) is 39.2 Å². The van der Waals surface area contributed by atoms with Crippen molar-refractivity contribution in [3.05, 3.63) is 59.9 Å². The highest BCUT2D eigenvalue weighted by Gasteiger charge is 2.18. The fourth-order valence-electron chi connectivity index (χ4n) is 2.02. The van der Waals surface area contributed by atoms with Crippen molar-refractivity contribution in [1.82, 2.24) is 4.98 Å². The first-order valence-electron chi connectivity index (χ1n) is 7.99. The Bertz CT molecular complexity index is 735. The van der Waals surface area contributed by atoms with Crippen LogP contribution in [0.1, 0.15) is 38.8 Å². The lowest BCUT2D eigenvalue weighted by atomic mass is 9.87. The molecule has 132 valence electrons. The molecule has 2 aromatic rings. The van der Waals surface area contributed by atoms with Gasteiger partial charge in [-0.05, 0) is 42.2 Å². The van der Waals surface area contributed by atoms with Gasteiger partial charge in [0.1, 0.15) is 5.75 Å². The Morgan fingerprint density at radius 2 is 1.88 bits per heavy atom. The summed E-state index contributed by atoms with van der Waals surface area (Å²) < 4.78 is 5.58. The molecule has 6 nitrogen and oxygen atoms in total. The number of benzene rings is 1. The number of amidine groups is 1. The van der Waals surface area contributed by atoms with E-state index in [0.717, 1.165) is 0 Å². The van der Waals surface area contributed by atoms with Crippen LogP contribution in [0, 0.1) is 0 Å². The summed E-state index contributed by atoms with van der Waals surface area (Å²) in [7, 11) is 0. The van der Waals surface area contributed by atoms with Crippen LogP contribution in [0.5, 0.6) is 5.75 Å². The van der Waals surface area contributed by atoms with Gasteiger partial charge in [0.2, 0.25) is 0 Å². The van der Waals surface area contributed by atoms with Gasteiger partial charge in [0, 0.05) is 18.0 Å². The van der Waals surface area contributed by atoms with Crippen LogP contribution >= 0.6 is 0 Å². The number of ether oxygens (including phenoxy) is 1. The van der Waals surface area contributed by atoms with E-state index in [0.29, 0.717) is 11.3 Å². The number of nitrogens with two attached hydrogens (primary N) is 1. The average molecular weight is 341 g/mol. The third-order valence-corrected chi connectivity index (χ3v) is 3.56. The molecule has 1 aromatic heterocycles. The zero-order chi connectivity index (χ0) is 18.4. The van der Waals surface area contributed by atoms with Gasteiger partial charge in [-0.15, -0.1) is 0 Å². The maximum absolute atomic E-state index is 12.0. The van der Waals surface area contributed by atoms with Crippen LogP contribution in [0.3, 0.4) is 0 Å². The number of hydrogen-bond donors (Lipinski definition) is 1. The van der Waals surface area contributed by atoms with Crippen LogP contribution in [0.25, 0.3) is 0 Å². The molecule has 25 heavy (non-hydrogen) atoms. The van der Waals surface area contributed by atoms with Gasteiger partial charge >= 0.3 is 5.97 Å². The molecular formula is C19H23N3O3. The molecule has 0 radical (unpaired) electrons. The van der Waals surface area contributed by atoms with E-state index in [1.54, 1.807) is 25.3 Å². The number of carbonyl (C=O) groups is 1. The molecule has 1 heterocycles. The minimum absolute atomic E-state index is 0.0572. The number of aromatic nitrogens is 1. The fraction of sp³-hybridized carbons (Fsp3) is 0.316. The highest BCUT2D eigenvalue weighted by molar-refractivity contribution is 5.97. The molecule has 0 saturated heterocycles. The van der Waals surface area contributed by atoms with Crippen LogP contribution in [-0.4, -0.2) is 22.9 Å². The summed E-state index contributed by atoms with van der Waals surface area (Å²) in [6.45, 7) is 7.99. The molecule has 0 aliphatic rings. The number of hydrogen-bond acceptors (Lipinski definition) is 5. The van der Waals surface area contributed by atoms with Gasteiger partial charge < -0.3 is 15.3 Å². The van der Waals surface area contributed by atoms with E-state index in [9.17, 15) is 4.79 Å². The molecule has 0 fully saturated rings. The maximum Gasteiger partial charge on any atom is 0.374 e. The molecule has 0 saturated carbocycles. The molecule has 0 amide bonds. The number of carbonyl (C=O) groups excluding carboxylic acids is 1. The summed E-state index contributed by atoms with van der Waals surface area (Å²) in [6.07, 6.45) is 2.33. The van der Waals surface area contributed by atoms with E-state index in [2.05, 4.69) is 30.9 Å². The van der Waals surface area contributed by atoms with Crippen LogP contribution in [0.4, 0.5) is 0 Å². The van der Waals surface area contributed by atoms with E-state index in [4.69, 9.17) is 15.3 Å². The minimum atomic E-state index is -0.814. The molecule has 1 atom stereocenters. The van der Waals surface area contributed by atoms with E-state index in [1.165, 1.54) is 11.8 Å². The lowest BCUT2D eigenvalue weighted by Gasteiger charge is -2.19. The molecule has 0 aliphatic heterocycles. The third kappa shape index (κ3) is 5.31. The molecule has 2 rings (SSSR count). The van der Waals surface area contributed by atoms with Gasteiger partial charge in [-0.25, -0.2) is 4.79 Å². The van der Waals surface area contributed by atoms with Crippen LogP contribution in [-0.2, 0) is 15.0 Å². The summed E-state index contributed by atoms with van der Waals surface area (Å²) in [5.74, 6) is 0.0246. The van der Waals surface area contributed by atoms with Crippen molar-refractivity contribution < 1.29 is 14.4 Å². The Kier molecular flexibility index (Phi) is 5.75. The van der Waals surface area contributed by atoms with Gasteiger partial charge in [0.25, 0.3) is 0 Å². The average Bonchev–Trinajstić information content (AvgIpc) is 2.59. The molecule has 6 heteroatoms. The van der Waals surface area contributed by atoms with E-state index >= 15 is 0 Å². The Morgan fingerprint density at radius 1 is 1.20 bits per heavy atom. The van der Waals surface area contributed by atoms with Crippen LogP contribution < -0.4 is 10.5 Å². The number of nitrogens with zero attached hydrogens (tertiary/aromatic N) is 2. The monoisotopic (exact) mass is 341 g/mol. The van der Waals surface area contributed by atoms with Crippen molar-refractivity contribution in [1.29, 1.82) is 0 Å². The quantitative estimate of drug-likeness (QED) is 0.391. The zero-order valence-corrected chi connectivity index (χ0v) is 14.9. The van der Waals surface area contributed by atoms with Crippen molar-refractivity contribution in [2.24, 2.45) is 10.9 Å². The standard InChI is InChI=1S/C19H23N3O3/c1-13(24-16-9-7-15(8-10-16)19(2,3)4)18(23)25-22-17(20)14-6-5-11-21-12-14/h5-13H,1-4H3,(H2,20,22)/t13-/m0/s1. The normalized spacial score (nSPS) is 13.2. The Labute approximate surface area is 147 Å². The lowest BCUT2D eigenvalue weighted by molar-refractivity contribution is -0.151. The van der Waals surface area contributed by atoms with E-state index in [-0.39, 0.29) is 11.3 Å². The largest absolute Gasteiger partial charge is 0.479 e. The summed E-state index contributed by atoms with van der Waals surface area (Å²) in [4.78, 5) is 20.7. The Morgan fingerprint density at radius 3 is 2.44 bits per heavy atom. The second kappa shape index (κ2) is 7.79. The maximum atomic E-state index is 12.0. The summed E-state index contributed by atoms with van der Waals surface area (Å²) in [5.41, 5.74) is 7.56.